The number of nitrogens with zero attached hydrogens (tertiary/aromatic N) is 1. The minimum Gasteiger partial charge on any atom is -0.374 e. The summed E-state index contributed by atoms with van der Waals surface area (Å²) in [6.07, 6.45) is 1.53. The highest BCUT2D eigenvalue weighted by Gasteiger charge is 2.23. The Morgan fingerprint density at radius 1 is 1.12 bits per heavy atom. The summed E-state index contributed by atoms with van der Waals surface area (Å²) in [5.41, 5.74) is 3.62. The monoisotopic (exact) mass is 337 g/mol. The van der Waals surface area contributed by atoms with Gasteiger partial charge in [0.15, 0.2) is 0 Å². The fourth-order valence-electron chi connectivity index (χ4n) is 3.04. The molecule has 130 valence electrons. The maximum Gasteiger partial charge on any atom is 0.246 e. The van der Waals surface area contributed by atoms with Gasteiger partial charge >= 0.3 is 0 Å². The molecule has 0 spiro atoms. The Hall–Kier alpha value is -2.82. The van der Waals surface area contributed by atoms with Crippen LogP contribution in [0.25, 0.3) is 0 Å². The molecule has 5 heteroatoms. The highest BCUT2D eigenvalue weighted by Crippen LogP contribution is 2.27. The molecular weight excluding hydrogens is 314 g/mol. The van der Waals surface area contributed by atoms with Crippen molar-refractivity contribution in [3.05, 3.63) is 54.1 Å². The molecule has 1 saturated heterocycles. The van der Waals surface area contributed by atoms with Crippen LogP contribution in [-0.4, -0.2) is 24.4 Å². The lowest BCUT2D eigenvalue weighted by Gasteiger charge is -2.20. The number of benzene rings is 2. The molecule has 1 atom stereocenters. The predicted octanol–water partition coefficient (Wildman–Crippen LogP) is 3.56. The third-order valence-electron chi connectivity index (χ3n) is 4.38. The Balaban J connectivity index is 1.65. The molecule has 1 heterocycles. The van der Waals surface area contributed by atoms with Crippen molar-refractivity contribution in [3.63, 3.8) is 0 Å². The molecule has 3 rings (SSSR count). The number of hydrogen-bond donors (Lipinski definition) is 2. The Labute approximate surface area is 148 Å². The van der Waals surface area contributed by atoms with Gasteiger partial charge in [0.2, 0.25) is 11.8 Å². The first-order chi connectivity index (χ1) is 12.0. The van der Waals surface area contributed by atoms with Gasteiger partial charge in [0, 0.05) is 30.0 Å². The smallest absolute Gasteiger partial charge is 0.246 e. The molecule has 2 amide bonds. The molecular formula is C20H23N3O2. The second kappa shape index (κ2) is 7.38. The summed E-state index contributed by atoms with van der Waals surface area (Å²) in [5, 5.41) is 6.10. The molecule has 0 saturated carbocycles. The van der Waals surface area contributed by atoms with Crippen molar-refractivity contribution < 1.29 is 9.59 Å². The fourth-order valence-corrected chi connectivity index (χ4v) is 3.04. The number of para-hydroxylation sites is 1. The molecule has 1 fully saturated rings. The van der Waals surface area contributed by atoms with Gasteiger partial charge in [-0.2, -0.15) is 0 Å². The number of anilines is 3. The van der Waals surface area contributed by atoms with Crippen LogP contribution in [-0.2, 0) is 9.59 Å². The van der Waals surface area contributed by atoms with Crippen LogP contribution < -0.4 is 15.5 Å². The maximum absolute atomic E-state index is 12.3. The Bertz CT molecular complexity index is 774. The third-order valence-corrected chi connectivity index (χ3v) is 4.38. The van der Waals surface area contributed by atoms with Crippen molar-refractivity contribution in [3.8, 4) is 0 Å². The van der Waals surface area contributed by atoms with Crippen LogP contribution >= 0.6 is 0 Å². The van der Waals surface area contributed by atoms with E-state index >= 15 is 0 Å². The molecule has 0 aromatic heterocycles. The number of rotatable bonds is 5. The van der Waals surface area contributed by atoms with E-state index in [0.29, 0.717) is 6.42 Å². The molecule has 1 aliphatic rings. The van der Waals surface area contributed by atoms with Gasteiger partial charge in [-0.25, -0.2) is 0 Å². The number of hydrogen-bond acceptors (Lipinski definition) is 3. The first-order valence-electron chi connectivity index (χ1n) is 8.58. The minimum atomic E-state index is -0.376. The zero-order valence-electron chi connectivity index (χ0n) is 14.6. The van der Waals surface area contributed by atoms with E-state index in [9.17, 15) is 9.59 Å². The van der Waals surface area contributed by atoms with Gasteiger partial charge in [0.1, 0.15) is 6.04 Å². The Morgan fingerprint density at radius 3 is 2.52 bits per heavy atom. The van der Waals surface area contributed by atoms with Crippen LogP contribution in [0.2, 0.25) is 0 Å². The number of amides is 2. The summed E-state index contributed by atoms with van der Waals surface area (Å²) in [6.45, 7) is 4.59. The summed E-state index contributed by atoms with van der Waals surface area (Å²) in [5.74, 6) is 0.0852. The summed E-state index contributed by atoms with van der Waals surface area (Å²) in [7, 11) is 0. The van der Waals surface area contributed by atoms with Crippen molar-refractivity contribution >= 4 is 28.9 Å². The summed E-state index contributed by atoms with van der Waals surface area (Å²) >= 11 is 0. The van der Waals surface area contributed by atoms with Gasteiger partial charge < -0.3 is 15.5 Å². The van der Waals surface area contributed by atoms with Crippen molar-refractivity contribution in [1.29, 1.82) is 0 Å². The average Bonchev–Trinajstić information content (AvgIpc) is 3.01. The first-order valence-corrected chi connectivity index (χ1v) is 8.58. The summed E-state index contributed by atoms with van der Waals surface area (Å²) in [6, 6.07) is 14.9. The lowest BCUT2D eigenvalue weighted by atomic mass is 10.1. The zero-order valence-corrected chi connectivity index (χ0v) is 14.6. The molecule has 2 N–H and O–H groups in total. The van der Waals surface area contributed by atoms with E-state index in [0.717, 1.165) is 35.6 Å². The molecule has 0 aliphatic carbocycles. The van der Waals surface area contributed by atoms with Crippen LogP contribution in [0.1, 0.15) is 25.3 Å². The SMILES string of the molecule is Cc1cc(NC(C)C(=O)Nc2ccccc2)ccc1N1CCCC1=O. The largest absolute Gasteiger partial charge is 0.374 e. The Kier molecular flexibility index (Phi) is 5.03. The Morgan fingerprint density at radius 2 is 1.88 bits per heavy atom. The molecule has 0 radical (unpaired) electrons. The minimum absolute atomic E-state index is 0.0948. The molecule has 25 heavy (non-hydrogen) atoms. The van der Waals surface area contributed by atoms with E-state index in [4.69, 9.17) is 0 Å². The molecule has 2 aromatic carbocycles. The van der Waals surface area contributed by atoms with Gasteiger partial charge in [-0.3, -0.25) is 9.59 Å². The quantitative estimate of drug-likeness (QED) is 0.877. The normalized spacial score (nSPS) is 15.1. The molecule has 5 nitrogen and oxygen atoms in total. The van der Waals surface area contributed by atoms with Gasteiger partial charge in [-0.05, 0) is 56.2 Å². The van der Waals surface area contributed by atoms with Crippen LogP contribution in [0.5, 0.6) is 0 Å². The third kappa shape index (κ3) is 3.99. The molecule has 1 unspecified atom stereocenters. The summed E-state index contributed by atoms with van der Waals surface area (Å²) < 4.78 is 0. The van der Waals surface area contributed by atoms with E-state index in [2.05, 4.69) is 10.6 Å². The van der Waals surface area contributed by atoms with Crippen LogP contribution in [0.15, 0.2) is 48.5 Å². The van der Waals surface area contributed by atoms with Crippen LogP contribution in [0, 0.1) is 6.92 Å². The highest BCUT2D eigenvalue weighted by molar-refractivity contribution is 5.97. The number of aryl methyl sites for hydroxylation is 1. The van der Waals surface area contributed by atoms with Gasteiger partial charge in [0.05, 0.1) is 0 Å². The number of carbonyl (C=O) groups excluding carboxylic acids is 2. The van der Waals surface area contributed by atoms with E-state index in [1.807, 2.05) is 67.3 Å². The van der Waals surface area contributed by atoms with E-state index in [-0.39, 0.29) is 17.9 Å². The van der Waals surface area contributed by atoms with Crippen molar-refractivity contribution in [2.75, 3.05) is 22.1 Å². The van der Waals surface area contributed by atoms with Crippen LogP contribution in [0.3, 0.4) is 0 Å². The lowest BCUT2D eigenvalue weighted by Crippen LogP contribution is -2.32. The predicted molar refractivity (Wildman–Crippen MR) is 101 cm³/mol. The zero-order chi connectivity index (χ0) is 17.8. The first kappa shape index (κ1) is 17.0. The van der Waals surface area contributed by atoms with Crippen molar-refractivity contribution in [2.45, 2.75) is 32.7 Å². The van der Waals surface area contributed by atoms with Crippen molar-refractivity contribution in [1.82, 2.24) is 0 Å². The van der Waals surface area contributed by atoms with E-state index in [1.54, 1.807) is 0 Å². The van der Waals surface area contributed by atoms with Gasteiger partial charge in [0.25, 0.3) is 0 Å². The van der Waals surface area contributed by atoms with Crippen LogP contribution in [0.4, 0.5) is 17.1 Å². The fraction of sp³-hybridized carbons (Fsp3) is 0.300. The van der Waals surface area contributed by atoms with E-state index < -0.39 is 0 Å². The van der Waals surface area contributed by atoms with E-state index in [1.165, 1.54) is 0 Å². The lowest BCUT2D eigenvalue weighted by molar-refractivity contribution is -0.117. The van der Waals surface area contributed by atoms with Gasteiger partial charge in [-0.15, -0.1) is 0 Å². The second-order valence-electron chi connectivity index (χ2n) is 6.37. The summed E-state index contributed by atoms with van der Waals surface area (Å²) in [4.78, 5) is 26.0. The molecule has 1 aliphatic heterocycles. The molecule has 2 aromatic rings. The standard InChI is InChI=1S/C20H23N3O2/c1-14-13-17(10-11-18(14)23-12-6-9-19(23)24)21-15(2)20(25)22-16-7-4-3-5-8-16/h3-5,7-8,10-11,13,15,21H,6,9,12H2,1-2H3,(H,22,25). The maximum atomic E-state index is 12.3. The molecule has 0 bridgehead atoms. The second-order valence-corrected chi connectivity index (χ2v) is 6.37. The van der Waals surface area contributed by atoms with Gasteiger partial charge in [-0.1, -0.05) is 18.2 Å². The van der Waals surface area contributed by atoms with Crippen molar-refractivity contribution in [2.24, 2.45) is 0 Å². The topological polar surface area (TPSA) is 61.4 Å². The number of nitrogens with one attached hydrogen (secondary N) is 2. The highest BCUT2D eigenvalue weighted by atomic mass is 16.2. The average molecular weight is 337 g/mol. The number of carbonyl (C=O) groups is 2.